The minimum absolute atomic E-state index is 0.0105. The van der Waals surface area contributed by atoms with Gasteiger partial charge in [0.25, 0.3) is 5.91 Å². The van der Waals surface area contributed by atoms with E-state index in [-0.39, 0.29) is 48.8 Å². The second kappa shape index (κ2) is 10.4. The van der Waals surface area contributed by atoms with E-state index >= 15 is 0 Å². The highest BCUT2D eigenvalue weighted by Gasteiger charge is 2.60. The number of ether oxygens (including phenoxy) is 1. The Morgan fingerprint density at radius 2 is 1.85 bits per heavy atom. The smallest absolute Gasteiger partial charge is 0.264 e. The van der Waals surface area contributed by atoms with Gasteiger partial charge in [0, 0.05) is 36.7 Å². The van der Waals surface area contributed by atoms with Crippen molar-refractivity contribution in [2.45, 2.75) is 76.2 Å². The van der Waals surface area contributed by atoms with Gasteiger partial charge in [0.2, 0.25) is 11.8 Å². The summed E-state index contributed by atoms with van der Waals surface area (Å²) in [6.07, 6.45) is 4.76. The number of piperidine rings is 1. The number of amides is 3. The maximum absolute atomic E-state index is 14.2. The molecular formula is C31H37N3O5. The number of hydrogen-bond acceptors (Lipinski definition) is 5. The summed E-state index contributed by atoms with van der Waals surface area (Å²) in [5, 5.41) is 9.65. The van der Waals surface area contributed by atoms with E-state index in [1.807, 2.05) is 60.4 Å². The van der Waals surface area contributed by atoms with Crippen LogP contribution in [0.4, 0.5) is 11.4 Å². The molecule has 4 aliphatic rings. The summed E-state index contributed by atoms with van der Waals surface area (Å²) >= 11 is 0. The molecule has 4 aliphatic heterocycles. The van der Waals surface area contributed by atoms with E-state index < -0.39 is 5.60 Å². The van der Waals surface area contributed by atoms with Crippen LogP contribution in [-0.4, -0.2) is 59.6 Å². The molecule has 3 amide bonds. The number of aliphatic hydroxyl groups is 1. The molecule has 0 aliphatic carbocycles. The van der Waals surface area contributed by atoms with Gasteiger partial charge < -0.3 is 24.5 Å². The van der Waals surface area contributed by atoms with Crippen LogP contribution in [0.1, 0.15) is 63.0 Å². The third-order valence-electron chi connectivity index (χ3n) is 9.04. The van der Waals surface area contributed by atoms with Crippen LogP contribution in [0.5, 0.6) is 0 Å². The van der Waals surface area contributed by atoms with Crippen LogP contribution in [-0.2, 0) is 31.3 Å². The Hall–Kier alpha value is -3.23. The third kappa shape index (κ3) is 4.43. The van der Waals surface area contributed by atoms with Crippen molar-refractivity contribution in [1.29, 1.82) is 0 Å². The highest BCUT2D eigenvalue weighted by molar-refractivity contribution is 6.07. The van der Waals surface area contributed by atoms with Crippen molar-refractivity contribution < 1.29 is 24.2 Å². The summed E-state index contributed by atoms with van der Waals surface area (Å²) in [6.45, 7) is 3.83. The first-order chi connectivity index (χ1) is 18.9. The lowest BCUT2D eigenvalue weighted by Gasteiger charge is -2.29. The topological polar surface area (TPSA) is 90.4 Å². The Labute approximate surface area is 229 Å². The Kier molecular flexibility index (Phi) is 6.93. The SMILES string of the molecule is C[C@H]1C[C@@H](CC(=O)N2CCC[C@H]2CO)O[C@]12C(=O)N(Cc1ccc(N3CCCCC3=O)cc1)c1ccccc12. The number of likely N-dealkylation sites (tertiary alicyclic amines) is 1. The summed E-state index contributed by atoms with van der Waals surface area (Å²) in [5.41, 5.74) is 2.47. The molecular weight excluding hydrogens is 494 g/mol. The van der Waals surface area contributed by atoms with Gasteiger partial charge in [-0.05, 0) is 55.9 Å². The molecule has 0 aromatic heterocycles. The molecule has 8 nitrogen and oxygen atoms in total. The average Bonchev–Trinajstić information content (AvgIpc) is 3.62. The fraction of sp³-hybridized carbons (Fsp3) is 0.516. The van der Waals surface area contributed by atoms with Crippen LogP contribution in [0.3, 0.4) is 0 Å². The normalized spacial score (nSPS) is 28.6. The Balaban J connectivity index is 1.21. The molecule has 2 aromatic carbocycles. The molecule has 2 aromatic rings. The van der Waals surface area contributed by atoms with E-state index in [0.717, 1.165) is 54.7 Å². The van der Waals surface area contributed by atoms with Crippen molar-refractivity contribution in [3.8, 4) is 0 Å². The number of hydrogen-bond donors (Lipinski definition) is 1. The number of aliphatic hydroxyl groups excluding tert-OH is 1. The van der Waals surface area contributed by atoms with Gasteiger partial charge in [0.05, 0.1) is 37.4 Å². The zero-order valence-corrected chi connectivity index (χ0v) is 22.6. The lowest BCUT2D eigenvalue weighted by atomic mass is 9.83. The van der Waals surface area contributed by atoms with Crippen molar-refractivity contribution in [3.05, 3.63) is 59.7 Å². The van der Waals surface area contributed by atoms with E-state index in [1.54, 1.807) is 9.80 Å². The minimum Gasteiger partial charge on any atom is -0.394 e. The molecule has 4 atom stereocenters. The summed E-state index contributed by atoms with van der Waals surface area (Å²) in [6, 6.07) is 15.6. The lowest BCUT2D eigenvalue weighted by Crippen LogP contribution is -2.44. The molecule has 0 unspecified atom stereocenters. The number of carbonyl (C=O) groups excluding carboxylic acids is 3. The molecule has 3 saturated heterocycles. The molecule has 3 fully saturated rings. The van der Waals surface area contributed by atoms with E-state index in [4.69, 9.17) is 4.74 Å². The van der Waals surface area contributed by atoms with Crippen molar-refractivity contribution in [2.24, 2.45) is 5.92 Å². The van der Waals surface area contributed by atoms with Crippen LogP contribution in [0.15, 0.2) is 48.5 Å². The zero-order valence-electron chi connectivity index (χ0n) is 22.6. The van der Waals surface area contributed by atoms with Crippen LogP contribution < -0.4 is 9.80 Å². The molecule has 206 valence electrons. The number of anilines is 2. The van der Waals surface area contributed by atoms with Gasteiger partial charge in [-0.2, -0.15) is 0 Å². The van der Waals surface area contributed by atoms with Gasteiger partial charge in [-0.1, -0.05) is 37.3 Å². The predicted molar refractivity (Wildman–Crippen MR) is 147 cm³/mol. The molecule has 1 spiro atoms. The quantitative estimate of drug-likeness (QED) is 0.613. The molecule has 39 heavy (non-hydrogen) atoms. The molecule has 0 radical (unpaired) electrons. The average molecular weight is 532 g/mol. The molecule has 4 heterocycles. The van der Waals surface area contributed by atoms with Gasteiger partial charge in [-0.15, -0.1) is 0 Å². The summed E-state index contributed by atoms with van der Waals surface area (Å²) in [7, 11) is 0. The lowest BCUT2D eigenvalue weighted by molar-refractivity contribution is -0.150. The Bertz CT molecular complexity index is 1260. The molecule has 8 heteroatoms. The van der Waals surface area contributed by atoms with Crippen LogP contribution >= 0.6 is 0 Å². The Morgan fingerprint density at radius 1 is 1.05 bits per heavy atom. The Morgan fingerprint density at radius 3 is 2.62 bits per heavy atom. The van der Waals surface area contributed by atoms with Gasteiger partial charge in [0.15, 0.2) is 5.60 Å². The summed E-state index contributed by atoms with van der Waals surface area (Å²) in [4.78, 5) is 45.0. The zero-order chi connectivity index (χ0) is 27.1. The van der Waals surface area contributed by atoms with E-state index in [1.165, 1.54) is 0 Å². The van der Waals surface area contributed by atoms with Crippen LogP contribution in [0.2, 0.25) is 0 Å². The number of benzene rings is 2. The van der Waals surface area contributed by atoms with Gasteiger partial charge in [-0.3, -0.25) is 14.4 Å². The first-order valence-corrected chi connectivity index (χ1v) is 14.3. The van der Waals surface area contributed by atoms with Gasteiger partial charge >= 0.3 is 0 Å². The first-order valence-electron chi connectivity index (χ1n) is 14.3. The molecule has 1 N–H and O–H groups in total. The van der Waals surface area contributed by atoms with Gasteiger partial charge in [0.1, 0.15) is 0 Å². The van der Waals surface area contributed by atoms with Crippen molar-refractivity contribution in [3.63, 3.8) is 0 Å². The number of nitrogens with zero attached hydrogens (tertiary/aromatic N) is 3. The fourth-order valence-corrected chi connectivity index (χ4v) is 7.02. The number of fused-ring (bicyclic) bond motifs is 2. The summed E-state index contributed by atoms with van der Waals surface area (Å²) < 4.78 is 6.59. The monoisotopic (exact) mass is 531 g/mol. The number of para-hydroxylation sites is 1. The standard InChI is InChI=1S/C31H37N3O5/c1-21-17-25(18-29(37)33-16-6-7-24(33)20-35)39-31(21)26-8-2-3-9-27(26)34(30(31)38)19-22-11-13-23(14-12-22)32-15-5-4-10-28(32)36/h2-3,8-9,11-14,21,24-25,35H,4-7,10,15-20H2,1H3/t21-,24-,25-,31+/m0/s1. The number of carbonyl (C=O) groups is 3. The van der Waals surface area contributed by atoms with Crippen LogP contribution in [0, 0.1) is 5.92 Å². The van der Waals surface area contributed by atoms with Gasteiger partial charge in [-0.25, -0.2) is 0 Å². The van der Waals surface area contributed by atoms with Crippen molar-refractivity contribution >= 4 is 29.1 Å². The number of rotatable bonds is 6. The van der Waals surface area contributed by atoms with Crippen molar-refractivity contribution in [1.82, 2.24) is 4.90 Å². The van der Waals surface area contributed by atoms with Crippen LogP contribution in [0.25, 0.3) is 0 Å². The van der Waals surface area contributed by atoms with E-state index in [0.29, 0.717) is 25.9 Å². The van der Waals surface area contributed by atoms with Crippen molar-refractivity contribution in [2.75, 3.05) is 29.5 Å². The highest BCUT2D eigenvalue weighted by atomic mass is 16.5. The maximum Gasteiger partial charge on any atom is 0.264 e. The predicted octanol–water partition coefficient (Wildman–Crippen LogP) is 3.74. The molecule has 0 saturated carbocycles. The van der Waals surface area contributed by atoms with E-state index in [9.17, 15) is 19.5 Å². The third-order valence-corrected chi connectivity index (χ3v) is 9.04. The fourth-order valence-electron chi connectivity index (χ4n) is 7.02. The highest BCUT2D eigenvalue weighted by Crippen LogP contribution is 2.53. The molecule has 6 rings (SSSR count). The maximum atomic E-state index is 14.2. The second-order valence-electron chi connectivity index (χ2n) is 11.5. The van der Waals surface area contributed by atoms with E-state index in [2.05, 4.69) is 0 Å². The largest absolute Gasteiger partial charge is 0.394 e. The second-order valence-corrected chi connectivity index (χ2v) is 11.5. The summed E-state index contributed by atoms with van der Waals surface area (Å²) in [5.74, 6) is -0.0234. The molecule has 0 bridgehead atoms. The first kappa shape index (κ1) is 26.0. The minimum atomic E-state index is -1.11.